The van der Waals surface area contributed by atoms with Gasteiger partial charge < -0.3 is 10.1 Å². The highest BCUT2D eigenvalue weighted by atomic mass is 16.5. The molecule has 0 aromatic heterocycles. The van der Waals surface area contributed by atoms with Crippen LogP contribution in [-0.2, 0) is 6.42 Å². The Kier molecular flexibility index (Phi) is 3.88. The summed E-state index contributed by atoms with van der Waals surface area (Å²) in [4.78, 5) is 0. The van der Waals surface area contributed by atoms with Crippen molar-refractivity contribution in [2.75, 3.05) is 13.7 Å². The molecule has 0 aliphatic heterocycles. The number of aryl methyl sites for hydroxylation is 1. The molecule has 0 saturated carbocycles. The molecule has 2 aliphatic rings. The Morgan fingerprint density at radius 3 is 3.00 bits per heavy atom. The molecule has 0 saturated heterocycles. The van der Waals surface area contributed by atoms with Gasteiger partial charge in [0.15, 0.2) is 0 Å². The molecule has 1 N–H and O–H groups in total. The van der Waals surface area contributed by atoms with E-state index in [-0.39, 0.29) is 0 Å². The Morgan fingerprint density at radius 2 is 2.21 bits per heavy atom. The largest absolute Gasteiger partial charge is 0.497 e. The molecule has 0 fully saturated rings. The molecule has 19 heavy (non-hydrogen) atoms. The van der Waals surface area contributed by atoms with Crippen molar-refractivity contribution in [1.29, 1.82) is 0 Å². The fourth-order valence-corrected chi connectivity index (χ4v) is 3.27. The second-order valence-electron chi connectivity index (χ2n) is 5.71. The van der Waals surface area contributed by atoms with Gasteiger partial charge in [-0.05, 0) is 67.8 Å². The zero-order valence-electron chi connectivity index (χ0n) is 11.7. The first kappa shape index (κ1) is 12.7. The van der Waals surface area contributed by atoms with Crippen molar-refractivity contribution >= 4 is 0 Å². The van der Waals surface area contributed by atoms with Crippen LogP contribution >= 0.6 is 0 Å². The van der Waals surface area contributed by atoms with Gasteiger partial charge in [-0.1, -0.05) is 18.2 Å². The molecule has 1 aromatic carbocycles. The second kappa shape index (κ2) is 5.79. The van der Waals surface area contributed by atoms with Gasteiger partial charge in [0.1, 0.15) is 5.75 Å². The molecule has 0 spiro atoms. The first-order valence-corrected chi connectivity index (χ1v) is 7.42. The lowest BCUT2D eigenvalue weighted by atomic mass is 9.94. The Morgan fingerprint density at radius 1 is 1.26 bits per heavy atom. The van der Waals surface area contributed by atoms with Crippen molar-refractivity contribution in [1.82, 2.24) is 5.32 Å². The fraction of sp³-hybridized carbons (Fsp3) is 0.529. The zero-order valence-corrected chi connectivity index (χ0v) is 11.7. The van der Waals surface area contributed by atoms with Crippen LogP contribution in [0.2, 0.25) is 0 Å². The van der Waals surface area contributed by atoms with E-state index in [4.69, 9.17) is 4.74 Å². The summed E-state index contributed by atoms with van der Waals surface area (Å²) in [6.07, 6.45) is 10.9. The van der Waals surface area contributed by atoms with Crippen molar-refractivity contribution in [2.24, 2.45) is 5.92 Å². The van der Waals surface area contributed by atoms with E-state index in [0.717, 1.165) is 18.2 Å². The van der Waals surface area contributed by atoms with E-state index in [1.807, 2.05) is 0 Å². The number of ether oxygens (including phenoxy) is 1. The quantitative estimate of drug-likeness (QED) is 0.832. The highest BCUT2D eigenvalue weighted by Gasteiger charge is 2.23. The SMILES string of the molecule is COc1ccc2c(c1)C(NCC1CC=CCC1)CC2. The number of fused-ring (bicyclic) bond motifs is 1. The Balaban J connectivity index is 1.63. The molecular formula is C17H23NO. The van der Waals surface area contributed by atoms with Crippen LogP contribution < -0.4 is 10.1 Å². The summed E-state index contributed by atoms with van der Waals surface area (Å²) in [6.45, 7) is 1.14. The van der Waals surface area contributed by atoms with Crippen LogP contribution in [-0.4, -0.2) is 13.7 Å². The van der Waals surface area contributed by atoms with E-state index in [0.29, 0.717) is 6.04 Å². The zero-order chi connectivity index (χ0) is 13.1. The van der Waals surface area contributed by atoms with Crippen molar-refractivity contribution in [2.45, 2.75) is 38.1 Å². The van der Waals surface area contributed by atoms with Crippen molar-refractivity contribution in [3.63, 3.8) is 0 Å². The number of nitrogens with one attached hydrogen (secondary N) is 1. The van der Waals surface area contributed by atoms with Crippen LogP contribution in [0.3, 0.4) is 0 Å². The van der Waals surface area contributed by atoms with E-state index in [9.17, 15) is 0 Å². The number of allylic oxidation sites excluding steroid dienone is 2. The summed E-state index contributed by atoms with van der Waals surface area (Å²) in [5.74, 6) is 1.80. The molecule has 2 nitrogen and oxygen atoms in total. The summed E-state index contributed by atoms with van der Waals surface area (Å²) in [5, 5.41) is 3.77. The number of hydrogen-bond donors (Lipinski definition) is 1. The topological polar surface area (TPSA) is 21.3 Å². The average Bonchev–Trinajstić information content (AvgIpc) is 2.88. The predicted octanol–water partition coefficient (Wildman–Crippen LogP) is 3.63. The normalized spacial score (nSPS) is 25.3. The van der Waals surface area contributed by atoms with Gasteiger partial charge in [0.25, 0.3) is 0 Å². The smallest absolute Gasteiger partial charge is 0.119 e. The molecule has 2 aliphatic carbocycles. The minimum absolute atomic E-state index is 0.524. The third-order valence-corrected chi connectivity index (χ3v) is 4.46. The predicted molar refractivity (Wildman–Crippen MR) is 78.5 cm³/mol. The average molecular weight is 257 g/mol. The first-order chi connectivity index (χ1) is 9.36. The fourth-order valence-electron chi connectivity index (χ4n) is 3.27. The molecular weight excluding hydrogens is 234 g/mol. The van der Waals surface area contributed by atoms with Crippen LogP contribution in [0.15, 0.2) is 30.4 Å². The third kappa shape index (κ3) is 2.84. The van der Waals surface area contributed by atoms with E-state index in [2.05, 4.69) is 35.7 Å². The van der Waals surface area contributed by atoms with Crippen LogP contribution in [0.25, 0.3) is 0 Å². The van der Waals surface area contributed by atoms with Gasteiger partial charge >= 0.3 is 0 Å². The van der Waals surface area contributed by atoms with E-state index in [1.165, 1.54) is 43.2 Å². The minimum Gasteiger partial charge on any atom is -0.497 e. The molecule has 0 amide bonds. The lowest BCUT2D eigenvalue weighted by Crippen LogP contribution is -2.26. The number of methoxy groups -OCH3 is 1. The minimum atomic E-state index is 0.524. The molecule has 1 aromatic rings. The van der Waals surface area contributed by atoms with Crippen LogP contribution in [0.4, 0.5) is 0 Å². The molecule has 2 unspecified atom stereocenters. The molecule has 2 atom stereocenters. The first-order valence-electron chi connectivity index (χ1n) is 7.42. The van der Waals surface area contributed by atoms with Gasteiger partial charge in [-0.25, -0.2) is 0 Å². The van der Waals surface area contributed by atoms with Gasteiger partial charge in [0.05, 0.1) is 7.11 Å². The maximum absolute atomic E-state index is 5.35. The Hall–Kier alpha value is -1.28. The van der Waals surface area contributed by atoms with Crippen molar-refractivity contribution < 1.29 is 4.74 Å². The second-order valence-corrected chi connectivity index (χ2v) is 5.71. The molecule has 0 radical (unpaired) electrons. The van der Waals surface area contributed by atoms with Crippen LogP contribution in [0.1, 0.15) is 42.9 Å². The lowest BCUT2D eigenvalue weighted by Gasteiger charge is -2.22. The van der Waals surface area contributed by atoms with Gasteiger partial charge in [-0.2, -0.15) is 0 Å². The van der Waals surface area contributed by atoms with Crippen molar-refractivity contribution in [3.8, 4) is 5.75 Å². The summed E-state index contributed by atoms with van der Waals surface area (Å²) in [6, 6.07) is 7.03. The van der Waals surface area contributed by atoms with Crippen LogP contribution in [0.5, 0.6) is 5.75 Å². The van der Waals surface area contributed by atoms with E-state index >= 15 is 0 Å². The van der Waals surface area contributed by atoms with Crippen LogP contribution in [0, 0.1) is 5.92 Å². The van der Waals surface area contributed by atoms with E-state index < -0.39 is 0 Å². The number of hydrogen-bond acceptors (Lipinski definition) is 2. The molecule has 0 heterocycles. The third-order valence-electron chi connectivity index (χ3n) is 4.46. The van der Waals surface area contributed by atoms with E-state index in [1.54, 1.807) is 7.11 Å². The molecule has 0 bridgehead atoms. The molecule has 102 valence electrons. The van der Waals surface area contributed by atoms with Gasteiger partial charge in [0.2, 0.25) is 0 Å². The van der Waals surface area contributed by atoms with Crippen molar-refractivity contribution in [3.05, 3.63) is 41.5 Å². The number of benzene rings is 1. The summed E-state index contributed by atoms with van der Waals surface area (Å²) >= 11 is 0. The Labute approximate surface area is 115 Å². The Bertz CT molecular complexity index is 466. The maximum Gasteiger partial charge on any atom is 0.119 e. The highest BCUT2D eigenvalue weighted by molar-refractivity contribution is 5.40. The lowest BCUT2D eigenvalue weighted by molar-refractivity contribution is 0.400. The summed E-state index contributed by atoms with van der Waals surface area (Å²) < 4.78 is 5.35. The maximum atomic E-state index is 5.35. The van der Waals surface area contributed by atoms with Gasteiger partial charge in [-0.15, -0.1) is 0 Å². The van der Waals surface area contributed by atoms with Gasteiger partial charge in [-0.3, -0.25) is 0 Å². The number of rotatable bonds is 4. The summed E-state index contributed by atoms with van der Waals surface area (Å²) in [7, 11) is 1.74. The molecule has 2 heteroatoms. The monoisotopic (exact) mass is 257 g/mol. The van der Waals surface area contributed by atoms with Gasteiger partial charge in [0, 0.05) is 6.04 Å². The standard InChI is InChI=1S/C17H23NO/c1-19-15-9-7-14-8-10-17(16(14)11-15)18-12-13-5-3-2-4-6-13/h2-3,7,9,11,13,17-18H,4-6,8,10,12H2,1H3. The highest BCUT2D eigenvalue weighted by Crippen LogP contribution is 2.34. The molecule has 3 rings (SSSR count). The summed E-state index contributed by atoms with van der Waals surface area (Å²) in [5.41, 5.74) is 2.94.